The van der Waals surface area contributed by atoms with Gasteiger partial charge in [-0.1, -0.05) is 0 Å². The van der Waals surface area contributed by atoms with Crippen molar-refractivity contribution in [1.82, 2.24) is 9.88 Å². The summed E-state index contributed by atoms with van der Waals surface area (Å²) in [4.78, 5) is 9.34. The summed E-state index contributed by atoms with van der Waals surface area (Å²) in [5.41, 5.74) is 0. The normalized spacial score (nSPS) is 29.4. The summed E-state index contributed by atoms with van der Waals surface area (Å²) in [7, 11) is 0. The maximum Gasteiger partial charge on any atom is 0.171 e. The van der Waals surface area contributed by atoms with E-state index in [-0.39, 0.29) is 12.2 Å². The molecule has 0 N–H and O–H groups in total. The quantitative estimate of drug-likeness (QED) is 0.814. The first kappa shape index (κ1) is 17.1. The van der Waals surface area contributed by atoms with Crippen molar-refractivity contribution in [3.8, 4) is 5.75 Å². The molecule has 1 aromatic rings. The van der Waals surface area contributed by atoms with Crippen LogP contribution in [0.3, 0.4) is 0 Å². The van der Waals surface area contributed by atoms with Gasteiger partial charge in [-0.05, 0) is 45.2 Å². The van der Waals surface area contributed by atoms with Gasteiger partial charge in [-0.15, -0.1) is 0 Å². The molecule has 25 heavy (non-hydrogen) atoms. The Kier molecular flexibility index (Phi) is 4.84. The van der Waals surface area contributed by atoms with Crippen LogP contribution in [-0.2, 0) is 9.47 Å². The Hall–Kier alpha value is -1.37. The summed E-state index contributed by atoms with van der Waals surface area (Å²) in [6.45, 7) is 9.69. The van der Waals surface area contributed by atoms with Crippen LogP contribution in [0.1, 0.15) is 33.1 Å². The van der Waals surface area contributed by atoms with E-state index in [2.05, 4.69) is 20.9 Å². The maximum absolute atomic E-state index is 6.34. The molecule has 0 saturated carbocycles. The van der Waals surface area contributed by atoms with Crippen LogP contribution in [0.5, 0.6) is 5.75 Å². The molecule has 6 heteroatoms. The van der Waals surface area contributed by atoms with Crippen LogP contribution in [0, 0.1) is 0 Å². The minimum Gasteiger partial charge on any atom is -0.485 e. The Morgan fingerprint density at radius 1 is 1.28 bits per heavy atom. The third-order valence-electron chi connectivity index (χ3n) is 5.21. The molecule has 4 heterocycles. The second-order valence-corrected chi connectivity index (χ2v) is 7.76. The van der Waals surface area contributed by atoms with Crippen molar-refractivity contribution in [2.75, 3.05) is 44.2 Å². The van der Waals surface area contributed by atoms with Gasteiger partial charge in [0.1, 0.15) is 6.10 Å². The van der Waals surface area contributed by atoms with Crippen LogP contribution in [0.15, 0.2) is 18.3 Å². The summed E-state index contributed by atoms with van der Waals surface area (Å²) >= 11 is 0. The molecule has 0 unspecified atom stereocenters. The first-order chi connectivity index (χ1) is 12.1. The standard InChI is InChI=1S/C19H29N3O3/c1-19(2)23-14-16(25-19)13-21-11-7-15(12-21)24-17-6-5-8-20-18(17)22-9-3-4-10-22/h5-6,8,15-16H,3-4,7,9-14H2,1-2H3/t15-,16-/m0/s1. The first-order valence-corrected chi connectivity index (χ1v) is 9.50. The number of hydrogen-bond donors (Lipinski definition) is 0. The van der Waals surface area contributed by atoms with E-state index >= 15 is 0 Å². The highest BCUT2D eigenvalue weighted by Gasteiger charge is 2.35. The lowest BCUT2D eigenvalue weighted by atomic mass is 10.3. The number of anilines is 1. The number of aromatic nitrogens is 1. The van der Waals surface area contributed by atoms with Gasteiger partial charge in [0.05, 0.1) is 12.7 Å². The average molecular weight is 347 g/mol. The van der Waals surface area contributed by atoms with Crippen molar-refractivity contribution < 1.29 is 14.2 Å². The Labute approximate surface area is 150 Å². The molecule has 3 fully saturated rings. The monoisotopic (exact) mass is 347 g/mol. The van der Waals surface area contributed by atoms with Crippen LogP contribution < -0.4 is 9.64 Å². The van der Waals surface area contributed by atoms with E-state index in [9.17, 15) is 0 Å². The summed E-state index contributed by atoms with van der Waals surface area (Å²) in [6.07, 6.45) is 5.78. The predicted octanol–water partition coefficient (Wildman–Crippen LogP) is 2.29. The summed E-state index contributed by atoms with van der Waals surface area (Å²) in [5, 5.41) is 0. The van der Waals surface area contributed by atoms with Crippen molar-refractivity contribution in [2.24, 2.45) is 0 Å². The summed E-state index contributed by atoms with van der Waals surface area (Å²) in [5.74, 6) is 1.49. The lowest BCUT2D eigenvalue weighted by Crippen LogP contribution is -2.34. The lowest BCUT2D eigenvalue weighted by Gasteiger charge is -2.23. The van der Waals surface area contributed by atoms with Crippen molar-refractivity contribution in [3.63, 3.8) is 0 Å². The zero-order valence-corrected chi connectivity index (χ0v) is 15.3. The van der Waals surface area contributed by atoms with Gasteiger partial charge in [0, 0.05) is 38.9 Å². The Morgan fingerprint density at radius 3 is 2.88 bits per heavy atom. The number of rotatable bonds is 5. The van der Waals surface area contributed by atoms with E-state index in [1.807, 2.05) is 26.1 Å². The fourth-order valence-electron chi connectivity index (χ4n) is 4.02. The molecule has 3 aliphatic heterocycles. The predicted molar refractivity (Wildman–Crippen MR) is 96.1 cm³/mol. The van der Waals surface area contributed by atoms with Crippen LogP contribution >= 0.6 is 0 Å². The van der Waals surface area contributed by atoms with E-state index in [1.54, 1.807) is 0 Å². The molecule has 1 aromatic heterocycles. The fourth-order valence-corrected chi connectivity index (χ4v) is 4.02. The number of pyridine rings is 1. The molecule has 0 radical (unpaired) electrons. The van der Waals surface area contributed by atoms with E-state index in [1.165, 1.54) is 12.8 Å². The molecule has 3 saturated heterocycles. The van der Waals surface area contributed by atoms with Gasteiger partial charge < -0.3 is 19.1 Å². The molecular formula is C19H29N3O3. The molecule has 4 rings (SSSR count). The topological polar surface area (TPSA) is 47.1 Å². The zero-order valence-electron chi connectivity index (χ0n) is 15.3. The molecule has 0 bridgehead atoms. The SMILES string of the molecule is CC1(C)OC[C@H](CN2CC[C@H](Oc3cccnc3N3CCCC3)C2)O1. The van der Waals surface area contributed by atoms with Gasteiger partial charge in [0.25, 0.3) is 0 Å². The highest BCUT2D eigenvalue weighted by atomic mass is 16.7. The van der Waals surface area contributed by atoms with Crippen LogP contribution in [0.2, 0.25) is 0 Å². The van der Waals surface area contributed by atoms with Crippen LogP contribution in [0.25, 0.3) is 0 Å². The molecule has 138 valence electrons. The van der Waals surface area contributed by atoms with Crippen molar-refractivity contribution in [3.05, 3.63) is 18.3 Å². The number of likely N-dealkylation sites (tertiary alicyclic amines) is 1. The second kappa shape index (κ2) is 7.09. The lowest BCUT2D eigenvalue weighted by molar-refractivity contribution is -0.140. The molecule has 0 amide bonds. The van der Waals surface area contributed by atoms with Crippen LogP contribution in [0.4, 0.5) is 5.82 Å². The fraction of sp³-hybridized carbons (Fsp3) is 0.737. The maximum atomic E-state index is 6.34. The van der Waals surface area contributed by atoms with E-state index in [0.29, 0.717) is 6.61 Å². The van der Waals surface area contributed by atoms with Gasteiger partial charge in [0.2, 0.25) is 0 Å². The largest absolute Gasteiger partial charge is 0.485 e. The Morgan fingerprint density at radius 2 is 2.12 bits per heavy atom. The molecule has 6 nitrogen and oxygen atoms in total. The third-order valence-corrected chi connectivity index (χ3v) is 5.21. The highest BCUT2D eigenvalue weighted by molar-refractivity contribution is 5.52. The van der Waals surface area contributed by atoms with Gasteiger partial charge in [-0.25, -0.2) is 4.98 Å². The Bertz CT molecular complexity index is 589. The summed E-state index contributed by atoms with van der Waals surface area (Å²) in [6, 6.07) is 4.02. The Balaban J connectivity index is 1.32. The first-order valence-electron chi connectivity index (χ1n) is 9.50. The average Bonchev–Trinajstić information content (AvgIpc) is 3.31. The van der Waals surface area contributed by atoms with Crippen molar-refractivity contribution >= 4 is 5.82 Å². The van der Waals surface area contributed by atoms with Gasteiger partial charge in [-0.3, -0.25) is 4.90 Å². The van der Waals surface area contributed by atoms with Gasteiger partial charge in [-0.2, -0.15) is 0 Å². The molecule has 0 aromatic carbocycles. The molecule has 3 aliphatic rings. The van der Waals surface area contributed by atoms with Gasteiger partial charge in [0.15, 0.2) is 17.4 Å². The molecule has 2 atom stereocenters. The molecule has 0 spiro atoms. The number of nitrogens with zero attached hydrogens (tertiary/aromatic N) is 3. The minimum absolute atomic E-state index is 0.160. The zero-order chi connectivity index (χ0) is 17.3. The molecular weight excluding hydrogens is 318 g/mol. The minimum atomic E-state index is -0.444. The number of ether oxygens (including phenoxy) is 3. The third kappa shape index (κ3) is 4.07. The van der Waals surface area contributed by atoms with Crippen molar-refractivity contribution in [2.45, 2.75) is 51.1 Å². The smallest absolute Gasteiger partial charge is 0.171 e. The van der Waals surface area contributed by atoms with E-state index < -0.39 is 5.79 Å². The van der Waals surface area contributed by atoms with Crippen LogP contribution in [-0.4, -0.2) is 67.2 Å². The highest BCUT2D eigenvalue weighted by Crippen LogP contribution is 2.31. The second-order valence-electron chi connectivity index (χ2n) is 7.76. The van der Waals surface area contributed by atoms with Crippen molar-refractivity contribution in [1.29, 1.82) is 0 Å². The molecule has 0 aliphatic carbocycles. The van der Waals surface area contributed by atoms with E-state index in [0.717, 1.165) is 50.7 Å². The van der Waals surface area contributed by atoms with Gasteiger partial charge >= 0.3 is 0 Å². The van der Waals surface area contributed by atoms with E-state index in [4.69, 9.17) is 14.2 Å². The summed E-state index contributed by atoms with van der Waals surface area (Å²) < 4.78 is 17.9. The number of hydrogen-bond acceptors (Lipinski definition) is 6.